The van der Waals surface area contributed by atoms with Crippen molar-refractivity contribution < 1.29 is 14.3 Å². The van der Waals surface area contributed by atoms with Crippen LogP contribution in [0.25, 0.3) is 0 Å². The van der Waals surface area contributed by atoms with Crippen molar-refractivity contribution in [2.75, 3.05) is 20.2 Å². The molecule has 1 unspecified atom stereocenters. The van der Waals surface area contributed by atoms with Crippen LogP contribution in [0.5, 0.6) is 5.75 Å². The van der Waals surface area contributed by atoms with Gasteiger partial charge in [0.25, 0.3) is 0 Å². The highest BCUT2D eigenvalue weighted by Crippen LogP contribution is 2.26. The van der Waals surface area contributed by atoms with E-state index in [4.69, 9.17) is 16.3 Å². The first-order valence-electron chi connectivity index (χ1n) is 8.04. The second kappa shape index (κ2) is 7.57. The van der Waals surface area contributed by atoms with Gasteiger partial charge in [0, 0.05) is 18.1 Å². The Labute approximate surface area is 151 Å². The third-order valence-electron chi connectivity index (χ3n) is 4.21. The Hall–Kier alpha value is -2.53. The molecule has 6 heteroatoms. The number of rotatable bonds is 4. The van der Waals surface area contributed by atoms with E-state index in [-0.39, 0.29) is 18.2 Å². The number of hydrogen-bond donors (Lipinski definition) is 1. The van der Waals surface area contributed by atoms with E-state index in [9.17, 15) is 9.59 Å². The van der Waals surface area contributed by atoms with Crippen molar-refractivity contribution in [1.29, 1.82) is 0 Å². The Bertz CT molecular complexity index is 776. The lowest BCUT2D eigenvalue weighted by molar-refractivity contribution is -0.143. The van der Waals surface area contributed by atoms with Crippen molar-refractivity contribution in [3.05, 3.63) is 64.7 Å². The van der Waals surface area contributed by atoms with Crippen LogP contribution < -0.4 is 10.1 Å². The maximum Gasteiger partial charge on any atom is 0.247 e. The van der Waals surface area contributed by atoms with E-state index < -0.39 is 6.04 Å². The molecule has 0 radical (unpaired) electrons. The monoisotopic (exact) mass is 358 g/mol. The van der Waals surface area contributed by atoms with E-state index in [1.807, 2.05) is 30.3 Å². The minimum absolute atomic E-state index is 0.0926. The second-order valence-electron chi connectivity index (χ2n) is 5.86. The fourth-order valence-electron chi connectivity index (χ4n) is 2.96. The Morgan fingerprint density at radius 3 is 2.72 bits per heavy atom. The molecule has 25 heavy (non-hydrogen) atoms. The Morgan fingerprint density at radius 2 is 2.04 bits per heavy atom. The molecule has 130 valence electrons. The van der Waals surface area contributed by atoms with E-state index in [0.717, 1.165) is 11.3 Å². The van der Waals surface area contributed by atoms with Gasteiger partial charge >= 0.3 is 0 Å². The Morgan fingerprint density at radius 1 is 1.28 bits per heavy atom. The van der Waals surface area contributed by atoms with Crippen LogP contribution in [0, 0.1) is 0 Å². The summed E-state index contributed by atoms with van der Waals surface area (Å²) < 4.78 is 5.13. The summed E-state index contributed by atoms with van der Waals surface area (Å²) in [7, 11) is 1.60. The van der Waals surface area contributed by atoms with Crippen LogP contribution in [0.15, 0.2) is 48.5 Å². The van der Waals surface area contributed by atoms with Crippen LogP contribution in [-0.4, -0.2) is 36.9 Å². The third kappa shape index (κ3) is 3.94. The lowest BCUT2D eigenvalue weighted by atomic mass is 10.0. The molecule has 0 aliphatic carbocycles. The first-order valence-corrected chi connectivity index (χ1v) is 8.42. The SMILES string of the molecule is COc1ccc(CC(=O)N2CCNC(=O)C2c2cccc(Cl)c2)cc1. The predicted molar refractivity (Wildman–Crippen MR) is 95.6 cm³/mol. The molecule has 1 heterocycles. The van der Waals surface area contributed by atoms with Gasteiger partial charge in [0.2, 0.25) is 11.8 Å². The summed E-state index contributed by atoms with van der Waals surface area (Å²) in [6.45, 7) is 0.919. The fraction of sp³-hybridized carbons (Fsp3) is 0.263. The maximum atomic E-state index is 12.8. The summed E-state index contributed by atoms with van der Waals surface area (Å²) in [5, 5.41) is 3.36. The first-order chi connectivity index (χ1) is 12.1. The van der Waals surface area contributed by atoms with Gasteiger partial charge < -0.3 is 15.0 Å². The molecule has 3 rings (SSSR count). The predicted octanol–water partition coefficient (Wildman–Crippen LogP) is 2.59. The lowest BCUT2D eigenvalue weighted by Crippen LogP contribution is -2.52. The van der Waals surface area contributed by atoms with Crippen LogP contribution in [0.4, 0.5) is 0 Å². The zero-order valence-corrected chi connectivity index (χ0v) is 14.6. The van der Waals surface area contributed by atoms with Gasteiger partial charge in [-0.15, -0.1) is 0 Å². The van der Waals surface area contributed by atoms with Gasteiger partial charge in [-0.05, 0) is 35.4 Å². The van der Waals surface area contributed by atoms with Gasteiger partial charge in [-0.1, -0.05) is 35.9 Å². The molecular weight excluding hydrogens is 340 g/mol. The van der Waals surface area contributed by atoms with Gasteiger partial charge in [-0.2, -0.15) is 0 Å². The number of carbonyl (C=O) groups excluding carboxylic acids is 2. The van der Waals surface area contributed by atoms with Crippen molar-refractivity contribution in [1.82, 2.24) is 10.2 Å². The number of methoxy groups -OCH3 is 1. The molecule has 1 aliphatic rings. The van der Waals surface area contributed by atoms with E-state index >= 15 is 0 Å². The maximum absolute atomic E-state index is 12.8. The summed E-state index contributed by atoms with van der Waals surface area (Å²) in [6, 6.07) is 13.8. The molecule has 2 aromatic carbocycles. The first kappa shape index (κ1) is 17.3. The molecule has 5 nitrogen and oxygen atoms in total. The molecule has 1 atom stereocenters. The standard InChI is InChI=1S/C19H19ClN2O3/c1-25-16-7-5-13(6-8-16)11-17(23)22-10-9-21-19(24)18(22)14-3-2-4-15(20)12-14/h2-8,12,18H,9-11H2,1H3,(H,21,24). The second-order valence-corrected chi connectivity index (χ2v) is 6.30. The van der Waals surface area contributed by atoms with Crippen LogP contribution in [0.1, 0.15) is 17.2 Å². The molecule has 2 amide bonds. The summed E-state index contributed by atoms with van der Waals surface area (Å²) in [4.78, 5) is 26.8. The molecule has 1 N–H and O–H groups in total. The molecule has 0 spiro atoms. The van der Waals surface area contributed by atoms with Crippen LogP contribution in [0.3, 0.4) is 0 Å². The average Bonchev–Trinajstić information content (AvgIpc) is 2.62. The molecule has 1 saturated heterocycles. The third-order valence-corrected chi connectivity index (χ3v) is 4.45. The molecule has 0 saturated carbocycles. The largest absolute Gasteiger partial charge is 0.497 e. The molecule has 1 aliphatic heterocycles. The van der Waals surface area contributed by atoms with E-state index in [2.05, 4.69) is 5.32 Å². The number of amides is 2. The number of benzene rings is 2. The van der Waals surface area contributed by atoms with Crippen molar-refractivity contribution >= 4 is 23.4 Å². The van der Waals surface area contributed by atoms with Crippen molar-refractivity contribution in [3.8, 4) is 5.75 Å². The number of carbonyl (C=O) groups is 2. The Kier molecular flexibility index (Phi) is 5.24. The fourth-order valence-corrected chi connectivity index (χ4v) is 3.16. The molecule has 1 fully saturated rings. The van der Waals surface area contributed by atoms with Gasteiger partial charge in [0.15, 0.2) is 0 Å². The topological polar surface area (TPSA) is 58.6 Å². The normalized spacial score (nSPS) is 17.1. The van der Waals surface area contributed by atoms with Gasteiger partial charge in [0.05, 0.1) is 13.5 Å². The summed E-state index contributed by atoms with van der Waals surface area (Å²) in [6.07, 6.45) is 0.230. The highest BCUT2D eigenvalue weighted by atomic mass is 35.5. The van der Waals surface area contributed by atoms with Gasteiger partial charge in [-0.3, -0.25) is 9.59 Å². The van der Waals surface area contributed by atoms with Gasteiger partial charge in [-0.25, -0.2) is 0 Å². The number of halogens is 1. The smallest absolute Gasteiger partial charge is 0.247 e. The van der Waals surface area contributed by atoms with E-state index in [1.54, 1.807) is 30.2 Å². The van der Waals surface area contributed by atoms with Crippen molar-refractivity contribution in [2.45, 2.75) is 12.5 Å². The van der Waals surface area contributed by atoms with Crippen molar-refractivity contribution in [2.24, 2.45) is 0 Å². The zero-order chi connectivity index (χ0) is 17.8. The summed E-state index contributed by atoms with van der Waals surface area (Å²) in [5.41, 5.74) is 1.59. The van der Waals surface area contributed by atoms with Crippen LogP contribution >= 0.6 is 11.6 Å². The zero-order valence-electron chi connectivity index (χ0n) is 13.9. The van der Waals surface area contributed by atoms with Crippen molar-refractivity contribution in [3.63, 3.8) is 0 Å². The molecule has 0 bridgehead atoms. The van der Waals surface area contributed by atoms with Crippen LogP contribution in [-0.2, 0) is 16.0 Å². The molecule has 2 aromatic rings. The summed E-state index contributed by atoms with van der Waals surface area (Å²) >= 11 is 6.05. The minimum atomic E-state index is -0.654. The Balaban J connectivity index is 1.81. The number of nitrogens with one attached hydrogen (secondary N) is 1. The number of hydrogen-bond acceptors (Lipinski definition) is 3. The highest BCUT2D eigenvalue weighted by Gasteiger charge is 2.34. The lowest BCUT2D eigenvalue weighted by Gasteiger charge is -2.35. The number of piperazine rings is 1. The average molecular weight is 359 g/mol. The quantitative estimate of drug-likeness (QED) is 0.914. The van der Waals surface area contributed by atoms with Crippen LogP contribution in [0.2, 0.25) is 5.02 Å². The van der Waals surface area contributed by atoms with Gasteiger partial charge in [0.1, 0.15) is 11.8 Å². The number of ether oxygens (including phenoxy) is 1. The highest BCUT2D eigenvalue weighted by molar-refractivity contribution is 6.30. The van der Waals surface area contributed by atoms with E-state index in [1.165, 1.54) is 0 Å². The minimum Gasteiger partial charge on any atom is -0.497 e. The number of nitrogens with zero attached hydrogens (tertiary/aromatic N) is 1. The van der Waals surface area contributed by atoms with E-state index in [0.29, 0.717) is 23.7 Å². The molecule has 0 aromatic heterocycles. The summed E-state index contributed by atoms with van der Waals surface area (Å²) in [5.74, 6) is 0.465. The molecular formula is C19H19ClN2O3.